The first-order valence-corrected chi connectivity index (χ1v) is 5.50. The molecule has 0 atom stereocenters. The number of rotatable bonds is 2. The van der Waals surface area contributed by atoms with E-state index in [2.05, 4.69) is 15.1 Å². The van der Waals surface area contributed by atoms with Crippen LogP contribution in [0.1, 0.15) is 0 Å². The van der Waals surface area contributed by atoms with Crippen molar-refractivity contribution in [2.75, 3.05) is 0 Å². The maximum atomic E-state index is 13.6. The molecule has 0 aliphatic heterocycles. The summed E-state index contributed by atoms with van der Waals surface area (Å²) in [4.78, 5) is 8.07. The van der Waals surface area contributed by atoms with Gasteiger partial charge in [0.1, 0.15) is 11.5 Å². The molecule has 19 heavy (non-hydrogen) atoms. The molecule has 0 amide bonds. The lowest BCUT2D eigenvalue weighted by Crippen LogP contribution is -1.98. The van der Waals surface area contributed by atoms with Gasteiger partial charge in [0.15, 0.2) is 5.82 Å². The fourth-order valence-electron chi connectivity index (χ4n) is 1.70. The molecule has 0 bridgehead atoms. The number of aromatic nitrogens is 4. The summed E-state index contributed by atoms with van der Waals surface area (Å²) in [5, 5.41) is 4.04. The van der Waals surface area contributed by atoms with Crippen LogP contribution in [-0.4, -0.2) is 19.7 Å². The standard InChI is InChI=1S/C13H8F2N4/c14-10-1-2-13(11(15)5-10)19-8-9(6-18-19)12-7-16-3-4-17-12/h1-8H. The molecule has 2 heterocycles. The molecule has 6 heteroatoms. The van der Waals surface area contributed by atoms with E-state index >= 15 is 0 Å². The third kappa shape index (κ3) is 2.20. The molecule has 0 saturated carbocycles. The van der Waals surface area contributed by atoms with E-state index in [-0.39, 0.29) is 5.69 Å². The first-order chi connectivity index (χ1) is 9.24. The van der Waals surface area contributed by atoms with Crippen molar-refractivity contribution in [3.63, 3.8) is 0 Å². The Morgan fingerprint density at radius 3 is 2.68 bits per heavy atom. The van der Waals surface area contributed by atoms with Gasteiger partial charge < -0.3 is 0 Å². The molecule has 0 aliphatic carbocycles. The molecule has 1 aromatic carbocycles. The Hall–Kier alpha value is -2.63. The molecule has 0 saturated heterocycles. The Kier molecular flexibility index (Phi) is 2.75. The lowest BCUT2D eigenvalue weighted by Gasteiger charge is -2.02. The summed E-state index contributed by atoms with van der Waals surface area (Å²) in [5.41, 5.74) is 1.52. The molecule has 0 unspecified atom stereocenters. The molecule has 3 rings (SSSR count). The van der Waals surface area contributed by atoms with Crippen molar-refractivity contribution < 1.29 is 8.78 Å². The second kappa shape index (κ2) is 4.56. The van der Waals surface area contributed by atoms with Crippen LogP contribution >= 0.6 is 0 Å². The first kappa shape index (κ1) is 11.5. The van der Waals surface area contributed by atoms with Crippen molar-refractivity contribution >= 4 is 0 Å². The number of benzene rings is 1. The van der Waals surface area contributed by atoms with Gasteiger partial charge in [-0.15, -0.1) is 0 Å². The maximum Gasteiger partial charge on any atom is 0.151 e. The molecule has 4 nitrogen and oxygen atoms in total. The van der Waals surface area contributed by atoms with Crippen LogP contribution in [0.2, 0.25) is 0 Å². The number of nitrogens with zero attached hydrogens (tertiary/aromatic N) is 4. The first-order valence-electron chi connectivity index (χ1n) is 5.50. The molecule has 94 valence electrons. The third-order valence-corrected chi connectivity index (χ3v) is 2.60. The summed E-state index contributed by atoms with van der Waals surface area (Å²) < 4.78 is 27.8. The van der Waals surface area contributed by atoms with E-state index in [4.69, 9.17) is 0 Å². The predicted molar refractivity (Wildman–Crippen MR) is 64.5 cm³/mol. The Labute approximate surface area is 107 Å². The van der Waals surface area contributed by atoms with E-state index in [1.165, 1.54) is 16.8 Å². The molecule has 0 N–H and O–H groups in total. The van der Waals surface area contributed by atoms with E-state index in [0.717, 1.165) is 6.07 Å². The summed E-state index contributed by atoms with van der Waals surface area (Å²) >= 11 is 0. The van der Waals surface area contributed by atoms with Gasteiger partial charge in [-0.25, -0.2) is 13.5 Å². The second-order valence-corrected chi connectivity index (χ2v) is 3.86. The van der Waals surface area contributed by atoms with E-state index in [9.17, 15) is 8.78 Å². The highest BCUT2D eigenvalue weighted by Crippen LogP contribution is 2.19. The van der Waals surface area contributed by atoms with Crippen molar-refractivity contribution in [1.82, 2.24) is 19.7 Å². The SMILES string of the molecule is Fc1ccc(-n2cc(-c3cnccn3)cn2)c(F)c1. The molecular weight excluding hydrogens is 250 g/mol. The molecular formula is C13H8F2N4. The molecule has 0 aliphatic rings. The molecule has 0 fully saturated rings. The van der Waals surface area contributed by atoms with Crippen LogP contribution in [0.3, 0.4) is 0 Å². The van der Waals surface area contributed by atoms with Crippen LogP contribution in [-0.2, 0) is 0 Å². The Morgan fingerprint density at radius 1 is 1.05 bits per heavy atom. The van der Waals surface area contributed by atoms with Crippen molar-refractivity contribution in [3.8, 4) is 16.9 Å². The van der Waals surface area contributed by atoms with Crippen LogP contribution < -0.4 is 0 Å². The van der Waals surface area contributed by atoms with Gasteiger partial charge in [0.25, 0.3) is 0 Å². The summed E-state index contributed by atoms with van der Waals surface area (Å²) in [6.45, 7) is 0. The fraction of sp³-hybridized carbons (Fsp3) is 0. The lowest BCUT2D eigenvalue weighted by molar-refractivity contribution is 0.573. The van der Waals surface area contributed by atoms with Gasteiger partial charge in [0.05, 0.1) is 18.1 Å². The van der Waals surface area contributed by atoms with Crippen molar-refractivity contribution in [3.05, 3.63) is 60.8 Å². The molecule has 2 aromatic heterocycles. The Balaban J connectivity index is 2.02. The van der Waals surface area contributed by atoms with Crippen molar-refractivity contribution in [2.45, 2.75) is 0 Å². The van der Waals surface area contributed by atoms with Crippen LogP contribution in [0.5, 0.6) is 0 Å². The van der Waals surface area contributed by atoms with Gasteiger partial charge in [0.2, 0.25) is 0 Å². The summed E-state index contributed by atoms with van der Waals surface area (Å²) in [6, 6.07) is 3.33. The highest BCUT2D eigenvalue weighted by molar-refractivity contribution is 5.56. The number of halogens is 2. The van der Waals surface area contributed by atoms with E-state index in [1.807, 2.05) is 0 Å². The average Bonchev–Trinajstić information content (AvgIpc) is 2.89. The van der Waals surface area contributed by atoms with Gasteiger partial charge in [0, 0.05) is 30.2 Å². The largest absolute Gasteiger partial charge is 0.261 e. The van der Waals surface area contributed by atoms with Crippen LogP contribution in [0, 0.1) is 11.6 Å². The van der Waals surface area contributed by atoms with Gasteiger partial charge in [-0.2, -0.15) is 5.10 Å². The summed E-state index contributed by atoms with van der Waals surface area (Å²) in [5.74, 6) is -1.30. The van der Waals surface area contributed by atoms with Gasteiger partial charge in [-0.3, -0.25) is 9.97 Å². The van der Waals surface area contributed by atoms with Gasteiger partial charge >= 0.3 is 0 Å². The predicted octanol–water partition coefficient (Wildman–Crippen LogP) is 2.61. The fourth-order valence-corrected chi connectivity index (χ4v) is 1.70. The zero-order valence-electron chi connectivity index (χ0n) is 9.66. The topological polar surface area (TPSA) is 43.6 Å². The van der Waals surface area contributed by atoms with Crippen molar-refractivity contribution in [2.24, 2.45) is 0 Å². The number of hydrogen-bond donors (Lipinski definition) is 0. The second-order valence-electron chi connectivity index (χ2n) is 3.86. The van der Waals surface area contributed by atoms with Crippen molar-refractivity contribution in [1.29, 1.82) is 0 Å². The smallest absolute Gasteiger partial charge is 0.151 e. The minimum Gasteiger partial charge on any atom is -0.261 e. The normalized spacial score (nSPS) is 10.6. The maximum absolute atomic E-state index is 13.6. The highest BCUT2D eigenvalue weighted by atomic mass is 19.1. The lowest BCUT2D eigenvalue weighted by atomic mass is 10.2. The number of hydrogen-bond acceptors (Lipinski definition) is 3. The Bertz CT molecular complexity index is 710. The molecule has 0 radical (unpaired) electrons. The third-order valence-electron chi connectivity index (χ3n) is 2.60. The van der Waals surface area contributed by atoms with Crippen LogP contribution in [0.25, 0.3) is 16.9 Å². The van der Waals surface area contributed by atoms with E-state index in [0.29, 0.717) is 11.3 Å². The Morgan fingerprint density at radius 2 is 1.95 bits per heavy atom. The zero-order chi connectivity index (χ0) is 13.2. The van der Waals surface area contributed by atoms with Crippen LogP contribution in [0.4, 0.5) is 8.78 Å². The van der Waals surface area contributed by atoms with Crippen LogP contribution in [0.15, 0.2) is 49.2 Å². The summed E-state index contributed by atoms with van der Waals surface area (Å²) in [7, 11) is 0. The quantitative estimate of drug-likeness (QED) is 0.709. The minimum absolute atomic E-state index is 0.177. The van der Waals surface area contributed by atoms with Gasteiger partial charge in [-0.05, 0) is 12.1 Å². The van der Waals surface area contributed by atoms with Gasteiger partial charge in [-0.1, -0.05) is 0 Å². The van der Waals surface area contributed by atoms with E-state index in [1.54, 1.807) is 31.0 Å². The highest BCUT2D eigenvalue weighted by Gasteiger charge is 2.09. The zero-order valence-corrected chi connectivity index (χ0v) is 9.66. The monoisotopic (exact) mass is 258 g/mol. The summed E-state index contributed by atoms with van der Waals surface area (Å²) in [6.07, 6.45) is 7.87. The average molecular weight is 258 g/mol. The minimum atomic E-state index is -0.672. The molecule has 0 spiro atoms. The van der Waals surface area contributed by atoms with E-state index < -0.39 is 11.6 Å². The molecule has 3 aromatic rings.